The maximum absolute atomic E-state index is 12.2. The zero-order valence-electron chi connectivity index (χ0n) is 11.3. The Morgan fingerprint density at radius 1 is 1.53 bits per heavy atom. The summed E-state index contributed by atoms with van der Waals surface area (Å²) in [6.07, 6.45) is 3.03. The molecule has 0 aromatic carbocycles. The molecule has 19 heavy (non-hydrogen) atoms. The minimum Gasteiger partial charge on any atom is -0.342 e. The third-order valence-electron chi connectivity index (χ3n) is 4.00. The van der Waals surface area contributed by atoms with Crippen LogP contribution >= 0.6 is 0 Å². The van der Waals surface area contributed by atoms with Crippen LogP contribution in [0, 0.1) is 18.8 Å². The van der Waals surface area contributed by atoms with Gasteiger partial charge >= 0.3 is 0 Å². The molecule has 2 aliphatic heterocycles. The first-order chi connectivity index (χ1) is 9.22. The Morgan fingerprint density at radius 3 is 3.00 bits per heavy atom. The quantitative estimate of drug-likeness (QED) is 0.854. The van der Waals surface area contributed by atoms with Crippen LogP contribution in [-0.4, -0.2) is 47.1 Å². The summed E-state index contributed by atoms with van der Waals surface area (Å²) in [6.45, 7) is 5.21. The lowest BCUT2D eigenvalue weighted by Crippen LogP contribution is -2.54. The molecule has 0 radical (unpaired) electrons. The molecule has 2 saturated heterocycles. The number of rotatable bonds is 3. The van der Waals surface area contributed by atoms with Crippen molar-refractivity contribution in [3.8, 4) is 0 Å². The summed E-state index contributed by atoms with van der Waals surface area (Å²) in [5.74, 6) is 2.35. The van der Waals surface area contributed by atoms with E-state index in [0.29, 0.717) is 17.7 Å². The molecule has 0 saturated carbocycles. The van der Waals surface area contributed by atoms with Crippen molar-refractivity contribution in [3.63, 3.8) is 0 Å². The highest BCUT2D eigenvalue weighted by Crippen LogP contribution is 2.22. The minimum absolute atomic E-state index is 0.200. The minimum atomic E-state index is 0.200. The van der Waals surface area contributed by atoms with E-state index in [2.05, 4.69) is 15.5 Å². The van der Waals surface area contributed by atoms with Gasteiger partial charge in [0.25, 0.3) is 0 Å². The van der Waals surface area contributed by atoms with Crippen LogP contribution in [0.25, 0.3) is 0 Å². The van der Waals surface area contributed by atoms with Crippen LogP contribution in [-0.2, 0) is 11.2 Å². The molecule has 2 aliphatic rings. The summed E-state index contributed by atoms with van der Waals surface area (Å²) < 4.78 is 5.00. The van der Waals surface area contributed by atoms with E-state index in [0.717, 1.165) is 51.3 Å². The Morgan fingerprint density at radius 2 is 2.37 bits per heavy atom. The molecular formula is C13H20N4O2. The van der Waals surface area contributed by atoms with Crippen molar-refractivity contribution in [1.82, 2.24) is 20.4 Å². The topological polar surface area (TPSA) is 71.3 Å². The Hall–Kier alpha value is -1.43. The lowest BCUT2D eigenvalue weighted by atomic mass is 9.92. The molecule has 1 amide bonds. The molecule has 3 heterocycles. The Bertz CT molecular complexity index is 455. The summed E-state index contributed by atoms with van der Waals surface area (Å²) in [6, 6.07) is 0. The molecule has 6 nitrogen and oxygen atoms in total. The van der Waals surface area contributed by atoms with Gasteiger partial charge in [-0.25, -0.2) is 0 Å². The standard InChI is InChI=1S/C13H20N4O2/c1-9-15-12(16-19-9)5-10-3-2-4-17(8-10)13(18)11-6-14-7-11/h10-11,14H,2-8H2,1H3. The van der Waals surface area contributed by atoms with Gasteiger partial charge in [-0.05, 0) is 18.8 Å². The normalized spacial score (nSPS) is 24.3. The number of carbonyl (C=O) groups is 1. The van der Waals surface area contributed by atoms with E-state index < -0.39 is 0 Å². The lowest BCUT2D eigenvalue weighted by Gasteiger charge is -2.37. The predicted molar refractivity (Wildman–Crippen MR) is 68.4 cm³/mol. The highest BCUT2D eigenvalue weighted by molar-refractivity contribution is 5.80. The van der Waals surface area contributed by atoms with E-state index in [1.165, 1.54) is 0 Å². The number of likely N-dealkylation sites (tertiary alicyclic amines) is 1. The van der Waals surface area contributed by atoms with Crippen molar-refractivity contribution in [1.29, 1.82) is 0 Å². The predicted octanol–water partition coefficient (Wildman–Crippen LogP) is 0.379. The average molecular weight is 264 g/mol. The fourth-order valence-corrected chi connectivity index (χ4v) is 2.84. The van der Waals surface area contributed by atoms with E-state index in [1.807, 2.05) is 4.90 Å². The average Bonchev–Trinajstić information content (AvgIpc) is 2.73. The third-order valence-corrected chi connectivity index (χ3v) is 4.00. The van der Waals surface area contributed by atoms with Gasteiger partial charge in [0.1, 0.15) is 0 Å². The van der Waals surface area contributed by atoms with Gasteiger partial charge in [-0.1, -0.05) is 5.16 Å². The summed E-state index contributed by atoms with van der Waals surface area (Å²) in [4.78, 5) is 18.5. The summed E-state index contributed by atoms with van der Waals surface area (Å²) in [7, 11) is 0. The number of aromatic nitrogens is 2. The fraction of sp³-hybridized carbons (Fsp3) is 0.769. The number of nitrogens with zero attached hydrogens (tertiary/aromatic N) is 3. The first kappa shape index (κ1) is 12.6. The van der Waals surface area contributed by atoms with Crippen LogP contribution in [0.15, 0.2) is 4.52 Å². The van der Waals surface area contributed by atoms with Gasteiger partial charge in [0.2, 0.25) is 11.8 Å². The first-order valence-corrected chi connectivity index (χ1v) is 7.01. The summed E-state index contributed by atoms with van der Waals surface area (Å²) in [5, 5.41) is 7.10. The Labute approximate surface area is 112 Å². The number of piperidine rings is 1. The van der Waals surface area contributed by atoms with E-state index in [4.69, 9.17) is 4.52 Å². The van der Waals surface area contributed by atoms with Gasteiger partial charge in [0, 0.05) is 39.5 Å². The van der Waals surface area contributed by atoms with Crippen LogP contribution in [0.4, 0.5) is 0 Å². The fourth-order valence-electron chi connectivity index (χ4n) is 2.84. The van der Waals surface area contributed by atoms with Crippen molar-refractivity contribution in [2.24, 2.45) is 11.8 Å². The van der Waals surface area contributed by atoms with Crippen LogP contribution < -0.4 is 5.32 Å². The van der Waals surface area contributed by atoms with Gasteiger partial charge in [-0.2, -0.15) is 4.98 Å². The smallest absolute Gasteiger partial charge is 0.228 e. The number of amides is 1. The first-order valence-electron chi connectivity index (χ1n) is 7.01. The van der Waals surface area contributed by atoms with Gasteiger partial charge in [-0.3, -0.25) is 4.79 Å². The molecule has 0 bridgehead atoms. The number of hydrogen-bond acceptors (Lipinski definition) is 5. The maximum atomic E-state index is 12.2. The third kappa shape index (κ3) is 2.78. The van der Waals surface area contributed by atoms with Crippen LogP contribution in [0.2, 0.25) is 0 Å². The van der Waals surface area contributed by atoms with Crippen molar-refractivity contribution in [2.75, 3.05) is 26.2 Å². The van der Waals surface area contributed by atoms with Gasteiger partial charge in [0.05, 0.1) is 5.92 Å². The number of aryl methyl sites for hydroxylation is 1. The number of carbonyl (C=O) groups excluding carboxylic acids is 1. The molecule has 0 spiro atoms. The van der Waals surface area contributed by atoms with E-state index in [1.54, 1.807) is 6.92 Å². The van der Waals surface area contributed by atoms with E-state index in [-0.39, 0.29) is 5.92 Å². The van der Waals surface area contributed by atoms with Crippen molar-refractivity contribution >= 4 is 5.91 Å². The number of nitrogens with one attached hydrogen (secondary N) is 1. The Kier molecular flexibility index (Phi) is 3.50. The van der Waals surface area contributed by atoms with Gasteiger partial charge in [0.15, 0.2) is 5.82 Å². The van der Waals surface area contributed by atoms with Crippen molar-refractivity contribution in [2.45, 2.75) is 26.2 Å². The highest BCUT2D eigenvalue weighted by Gasteiger charge is 2.32. The second-order valence-electron chi connectivity index (χ2n) is 5.58. The molecule has 1 unspecified atom stereocenters. The van der Waals surface area contributed by atoms with E-state index in [9.17, 15) is 4.79 Å². The van der Waals surface area contributed by atoms with Crippen LogP contribution in [0.5, 0.6) is 0 Å². The van der Waals surface area contributed by atoms with E-state index >= 15 is 0 Å². The molecule has 1 aromatic heterocycles. The van der Waals surface area contributed by atoms with Crippen molar-refractivity contribution in [3.05, 3.63) is 11.7 Å². The maximum Gasteiger partial charge on any atom is 0.228 e. The SMILES string of the molecule is Cc1nc(CC2CCCN(C(=O)C3CNC3)C2)no1. The monoisotopic (exact) mass is 264 g/mol. The van der Waals surface area contributed by atoms with Gasteiger partial charge in [-0.15, -0.1) is 0 Å². The molecule has 104 valence electrons. The summed E-state index contributed by atoms with van der Waals surface area (Å²) in [5.41, 5.74) is 0. The summed E-state index contributed by atoms with van der Waals surface area (Å²) >= 11 is 0. The van der Waals surface area contributed by atoms with Crippen molar-refractivity contribution < 1.29 is 9.32 Å². The number of hydrogen-bond donors (Lipinski definition) is 1. The van der Waals surface area contributed by atoms with Crippen LogP contribution in [0.1, 0.15) is 24.6 Å². The molecule has 3 rings (SSSR count). The molecule has 6 heteroatoms. The zero-order chi connectivity index (χ0) is 13.2. The second kappa shape index (κ2) is 5.28. The largest absolute Gasteiger partial charge is 0.342 e. The molecule has 2 fully saturated rings. The highest BCUT2D eigenvalue weighted by atomic mass is 16.5. The zero-order valence-corrected chi connectivity index (χ0v) is 11.3. The molecule has 1 N–H and O–H groups in total. The molecule has 0 aliphatic carbocycles. The van der Waals surface area contributed by atoms with Gasteiger partial charge < -0.3 is 14.7 Å². The lowest BCUT2D eigenvalue weighted by molar-refractivity contribution is -0.138. The van der Waals surface area contributed by atoms with Crippen LogP contribution in [0.3, 0.4) is 0 Å². The molecule has 1 aromatic rings. The molecular weight excluding hydrogens is 244 g/mol. The second-order valence-corrected chi connectivity index (χ2v) is 5.58. The molecule has 1 atom stereocenters. The Balaban J connectivity index is 1.56.